The van der Waals surface area contributed by atoms with Crippen molar-refractivity contribution in [3.05, 3.63) is 56.4 Å². The van der Waals surface area contributed by atoms with Crippen LogP contribution in [-0.4, -0.2) is 5.11 Å². The van der Waals surface area contributed by atoms with E-state index in [0.717, 1.165) is 9.35 Å². The van der Waals surface area contributed by atoms with Gasteiger partial charge < -0.3 is 5.11 Å². The lowest BCUT2D eigenvalue weighted by atomic mass is 10.1. The summed E-state index contributed by atoms with van der Waals surface area (Å²) in [4.78, 5) is 1.09. The van der Waals surface area contributed by atoms with Crippen molar-refractivity contribution in [3.8, 4) is 0 Å². The molecule has 0 aliphatic carbocycles. The second-order valence-corrected chi connectivity index (χ2v) is 5.35. The average molecular weight is 301 g/mol. The molecule has 0 fully saturated rings. The van der Waals surface area contributed by atoms with E-state index in [1.54, 1.807) is 17.4 Å². The zero-order valence-electron chi connectivity index (χ0n) is 8.36. The number of hydrogen-bond donors (Lipinski definition) is 1. The molecule has 1 atom stereocenters. The lowest BCUT2D eigenvalue weighted by molar-refractivity contribution is 0.178. The van der Waals surface area contributed by atoms with Crippen LogP contribution >= 0.6 is 27.3 Å². The highest BCUT2D eigenvalue weighted by molar-refractivity contribution is 9.10. The van der Waals surface area contributed by atoms with Crippen molar-refractivity contribution in [1.29, 1.82) is 0 Å². The van der Waals surface area contributed by atoms with Crippen molar-refractivity contribution in [3.63, 3.8) is 0 Å². The van der Waals surface area contributed by atoms with Gasteiger partial charge >= 0.3 is 0 Å². The Labute approximate surface area is 106 Å². The normalized spacial score (nSPS) is 12.7. The zero-order valence-corrected chi connectivity index (χ0v) is 10.8. The Morgan fingerprint density at radius 1 is 1.38 bits per heavy atom. The molecule has 1 aromatic heterocycles. The maximum atomic E-state index is 13.1. The summed E-state index contributed by atoms with van der Waals surface area (Å²) in [5.41, 5.74) is 0.591. The number of hydrogen-bond acceptors (Lipinski definition) is 2. The van der Waals surface area contributed by atoms with E-state index in [1.165, 1.54) is 12.1 Å². The minimum absolute atomic E-state index is 0.330. The van der Waals surface area contributed by atoms with Crippen LogP contribution in [-0.2, 0) is 6.42 Å². The monoisotopic (exact) mass is 300 g/mol. The molecule has 1 heterocycles. The second-order valence-electron chi connectivity index (χ2n) is 3.47. The van der Waals surface area contributed by atoms with Gasteiger partial charge in [0, 0.05) is 15.8 Å². The fourth-order valence-electron chi connectivity index (χ4n) is 1.50. The van der Waals surface area contributed by atoms with E-state index in [0.29, 0.717) is 12.0 Å². The van der Waals surface area contributed by atoms with Crippen LogP contribution < -0.4 is 0 Å². The molecule has 4 heteroatoms. The van der Waals surface area contributed by atoms with Gasteiger partial charge in [-0.05, 0) is 35.2 Å². The molecule has 0 spiro atoms. The first-order chi connectivity index (χ1) is 7.66. The van der Waals surface area contributed by atoms with E-state index in [2.05, 4.69) is 15.9 Å². The fourth-order valence-corrected chi connectivity index (χ4v) is 2.75. The Morgan fingerprint density at radius 2 is 2.19 bits per heavy atom. The van der Waals surface area contributed by atoms with Crippen LogP contribution in [0.3, 0.4) is 0 Å². The van der Waals surface area contributed by atoms with Crippen LogP contribution in [0.2, 0.25) is 0 Å². The van der Waals surface area contributed by atoms with Gasteiger partial charge in [0.25, 0.3) is 0 Å². The third-order valence-electron chi connectivity index (χ3n) is 2.29. The molecule has 0 bridgehead atoms. The van der Waals surface area contributed by atoms with Crippen molar-refractivity contribution in [1.82, 2.24) is 0 Å². The molecule has 84 valence electrons. The number of benzene rings is 1. The Kier molecular flexibility index (Phi) is 3.74. The molecule has 1 nitrogen and oxygen atoms in total. The Morgan fingerprint density at radius 3 is 2.88 bits per heavy atom. The lowest BCUT2D eigenvalue weighted by Crippen LogP contribution is -2.02. The van der Waals surface area contributed by atoms with Gasteiger partial charge in [0.15, 0.2) is 0 Å². The number of thiophene rings is 1. The summed E-state index contributed by atoms with van der Waals surface area (Å²) in [6.45, 7) is 0. The summed E-state index contributed by atoms with van der Waals surface area (Å²) in [6, 6.07) is 8.24. The van der Waals surface area contributed by atoms with Crippen molar-refractivity contribution >= 4 is 27.3 Å². The summed E-state index contributed by atoms with van der Waals surface area (Å²) < 4.78 is 13.8. The maximum Gasteiger partial charge on any atom is 0.123 e. The van der Waals surface area contributed by atoms with E-state index in [1.807, 2.05) is 17.5 Å². The van der Waals surface area contributed by atoms with Gasteiger partial charge in [-0.15, -0.1) is 11.3 Å². The first-order valence-corrected chi connectivity index (χ1v) is 6.49. The van der Waals surface area contributed by atoms with Crippen molar-refractivity contribution in [2.24, 2.45) is 0 Å². The standard InChI is InChI=1S/C12H10BrFOS/c13-11-4-3-8(14)6-10(11)12(15)7-9-2-1-5-16-9/h1-6,12,15H,7H2. The maximum absolute atomic E-state index is 13.1. The Hall–Kier alpha value is -0.710. The SMILES string of the molecule is OC(Cc1cccs1)c1cc(F)ccc1Br. The highest BCUT2D eigenvalue weighted by Crippen LogP contribution is 2.27. The molecule has 16 heavy (non-hydrogen) atoms. The first-order valence-electron chi connectivity index (χ1n) is 4.82. The topological polar surface area (TPSA) is 20.2 Å². The quantitative estimate of drug-likeness (QED) is 0.911. The number of aliphatic hydroxyl groups excluding tert-OH is 1. The minimum atomic E-state index is -0.677. The summed E-state index contributed by atoms with van der Waals surface area (Å²) in [5.74, 6) is -0.330. The van der Waals surface area contributed by atoms with Gasteiger partial charge in [-0.3, -0.25) is 0 Å². The summed E-state index contributed by atoms with van der Waals surface area (Å²) in [6.07, 6.45) is -0.163. The molecule has 0 aliphatic heterocycles. The van der Waals surface area contributed by atoms with Crippen LogP contribution in [0, 0.1) is 5.82 Å². The minimum Gasteiger partial charge on any atom is -0.388 e. The number of halogens is 2. The molecule has 1 unspecified atom stereocenters. The third kappa shape index (κ3) is 2.70. The van der Waals surface area contributed by atoms with Crippen LogP contribution in [0.15, 0.2) is 40.2 Å². The molecular weight excluding hydrogens is 291 g/mol. The van der Waals surface area contributed by atoms with Gasteiger partial charge in [0.2, 0.25) is 0 Å². The van der Waals surface area contributed by atoms with E-state index in [4.69, 9.17) is 0 Å². The molecular formula is C12H10BrFOS. The number of aliphatic hydroxyl groups is 1. The molecule has 0 saturated heterocycles. The van der Waals surface area contributed by atoms with Gasteiger partial charge in [-0.1, -0.05) is 22.0 Å². The van der Waals surface area contributed by atoms with E-state index in [9.17, 15) is 9.50 Å². The highest BCUT2D eigenvalue weighted by atomic mass is 79.9. The average Bonchev–Trinajstić information content (AvgIpc) is 2.74. The van der Waals surface area contributed by atoms with Crippen LogP contribution in [0.1, 0.15) is 16.5 Å². The zero-order chi connectivity index (χ0) is 11.5. The molecule has 0 amide bonds. The molecule has 0 radical (unpaired) electrons. The van der Waals surface area contributed by atoms with Gasteiger partial charge in [-0.2, -0.15) is 0 Å². The molecule has 0 saturated carbocycles. The molecule has 1 N–H and O–H groups in total. The molecule has 0 aliphatic rings. The van der Waals surface area contributed by atoms with Crippen molar-refractivity contribution in [2.45, 2.75) is 12.5 Å². The molecule has 2 aromatic rings. The summed E-state index contributed by atoms with van der Waals surface area (Å²) in [7, 11) is 0. The fraction of sp³-hybridized carbons (Fsp3) is 0.167. The predicted octanol–water partition coefficient (Wildman–Crippen LogP) is 3.93. The Bertz CT molecular complexity index is 470. The predicted molar refractivity (Wildman–Crippen MR) is 67.1 cm³/mol. The van der Waals surface area contributed by atoms with Gasteiger partial charge in [0.05, 0.1) is 6.10 Å². The van der Waals surface area contributed by atoms with Crippen molar-refractivity contribution in [2.75, 3.05) is 0 Å². The van der Waals surface area contributed by atoms with Gasteiger partial charge in [-0.25, -0.2) is 4.39 Å². The smallest absolute Gasteiger partial charge is 0.123 e. The van der Waals surface area contributed by atoms with Crippen LogP contribution in [0.25, 0.3) is 0 Å². The summed E-state index contributed by atoms with van der Waals surface area (Å²) in [5, 5.41) is 12.0. The third-order valence-corrected chi connectivity index (χ3v) is 3.91. The lowest BCUT2D eigenvalue weighted by Gasteiger charge is -2.11. The molecule has 2 rings (SSSR count). The second kappa shape index (κ2) is 5.08. The van der Waals surface area contributed by atoms with Crippen LogP contribution in [0.5, 0.6) is 0 Å². The highest BCUT2D eigenvalue weighted by Gasteiger charge is 2.13. The Balaban J connectivity index is 2.20. The first kappa shape index (κ1) is 11.8. The summed E-state index contributed by atoms with van der Waals surface area (Å²) >= 11 is 4.90. The van der Waals surface area contributed by atoms with E-state index >= 15 is 0 Å². The van der Waals surface area contributed by atoms with Crippen LogP contribution in [0.4, 0.5) is 4.39 Å². The largest absolute Gasteiger partial charge is 0.388 e. The van der Waals surface area contributed by atoms with E-state index in [-0.39, 0.29) is 5.82 Å². The number of rotatable bonds is 3. The van der Waals surface area contributed by atoms with Crippen molar-refractivity contribution < 1.29 is 9.50 Å². The van der Waals surface area contributed by atoms with Gasteiger partial charge in [0.1, 0.15) is 5.82 Å². The van der Waals surface area contributed by atoms with E-state index < -0.39 is 6.10 Å². The molecule has 1 aromatic carbocycles.